The minimum Gasteiger partial charge on any atom is -0.389 e. The van der Waals surface area contributed by atoms with Crippen LogP contribution >= 0.6 is 0 Å². The number of amides is 2. The molecule has 3 aromatic carbocycles. The van der Waals surface area contributed by atoms with Crippen molar-refractivity contribution in [3.05, 3.63) is 83.9 Å². The predicted octanol–water partition coefficient (Wildman–Crippen LogP) is 3.45. The average Bonchev–Trinajstić information content (AvgIpc) is 3.17. The van der Waals surface area contributed by atoms with Crippen molar-refractivity contribution in [2.24, 2.45) is 0 Å². The third-order valence-electron chi connectivity index (χ3n) is 5.34. The summed E-state index contributed by atoms with van der Waals surface area (Å²) in [6, 6.07) is 22.8. The summed E-state index contributed by atoms with van der Waals surface area (Å²) < 4.78 is 2.05. The third kappa shape index (κ3) is 2.44. The van der Waals surface area contributed by atoms with Gasteiger partial charge >= 0.3 is 0 Å². The molecule has 0 bridgehead atoms. The first kappa shape index (κ1) is 16.7. The van der Waals surface area contributed by atoms with Gasteiger partial charge in [-0.05, 0) is 24.3 Å². The third-order valence-corrected chi connectivity index (χ3v) is 5.34. The first-order valence-electron chi connectivity index (χ1n) is 9.24. The van der Waals surface area contributed by atoms with Crippen LogP contribution in [0.1, 0.15) is 20.7 Å². The Hall–Kier alpha value is -3.44. The summed E-state index contributed by atoms with van der Waals surface area (Å²) in [4.78, 5) is 26.3. The molecule has 1 aromatic heterocycles. The zero-order valence-electron chi connectivity index (χ0n) is 15.1. The standard InChI is InChI=1S/C23H18N2O3/c26-15(14-25-22(27)18-9-1-2-10-19(18)23(25)28)13-24-20-11-5-3-7-16(20)17-8-4-6-12-21(17)24/h1-12,15,26H,13-14H2/t15-/m1/s1. The number of β-amino-alcohol motifs (C(OH)–C–C–N with tert-alkyl or cyclic N) is 1. The number of aromatic nitrogens is 1. The van der Waals surface area contributed by atoms with Crippen molar-refractivity contribution in [2.45, 2.75) is 12.6 Å². The lowest BCUT2D eigenvalue weighted by atomic mass is 10.1. The first-order chi connectivity index (χ1) is 13.6. The molecule has 0 aliphatic carbocycles. The van der Waals surface area contributed by atoms with E-state index < -0.39 is 6.10 Å². The van der Waals surface area contributed by atoms with Crippen molar-refractivity contribution in [2.75, 3.05) is 6.54 Å². The predicted molar refractivity (Wildman–Crippen MR) is 107 cm³/mol. The maximum absolute atomic E-state index is 12.6. The van der Waals surface area contributed by atoms with Gasteiger partial charge in [0, 0.05) is 21.8 Å². The summed E-state index contributed by atoms with van der Waals surface area (Å²) in [5, 5.41) is 13.0. The molecule has 1 N–H and O–H groups in total. The summed E-state index contributed by atoms with van der Waals surface area (Å²) in [6.07, 6.45) is -0.874. The molecule has 0 spiro atoms. The van der Waals surface area contributed by atoms with Gasteiger partial charge in [0.2, 0.25) is 0 Å². The zero-order valence-corrected chi connectivity index (χ0v) is 15.1. The lowest BCUT2D eigenvalue weighted by Gasteiger charge is -2.20. The Balaban J connectivity index is 1.46. The van der Waals surface area contributed by atoms with Crippen LogP contribution in [0.25, 0.3) is 21.8 Å². The number of rotatable bonds is 4. The summed E-state index contributed by atoms with van der Waals surface area (Å²) >= 11 is 0. The Morgan fingerprint density at radius 2 is 1.14 bits per heavy atom. The Bertz CT molecular complexity index is 1150. The van der Waals surface area contributed by atoms with Crippen molar-refractivity contribution in [1.29, 1.82) is 0 Å². The molecule has 2 heterocycles. The number of hydrogen-bond acceptors (Lipinski definition) is 3. The highest BCUT2D eigenvalue weighted by atomic mass is 16.3. The quantitative estimate of drug-likeness (QED) is 0.560. The first-order valence-corrected chi connectivity index (χ1v) is 9.24. The minimum atomic E-state index is -0.874. The van der Waals surface area contributed by atoms with Crippen LogP contribution in [0.4, 0.5) is 0 Å². The van der Waals surface area contributed by atoms with Crippen molar-refractivity contribution in [3.8, 4) is 0 Å². The minimum absolute atomic E-state index is 0.0345. The highest BCUT2D eigenvalue weighted by Crippen LogP contribution is 2.29. The van der Waals surface area contributed by atoms with Crippen LogP contribution in [0.3, 0.4) is 0 Å². The maximum Gasteiger partial charge on any atom is 0.261 e. The number of nitrogens with zero attached hydrogens (tertiary/aromatic N) is 2. The molecule has 138 valence electrons. The highest BCUT2D eigenvalue weighted by molar-refractivity contribution is 6.21. The lowest BCUT2D eigenvalue weighted by molar-refractivity contribution is 0.0524. The number of carbonyl (C=O) groups excluding carboxylic acids is 2. The van der Waals surface area contributed by atoms with Crippen LogP contribution in [-0.4, -0.2) is 39.0 Å². The topological polar surface area (TPSA) is 62.5 Å². The number of fused-ring (bicyclic) bond motifs is 4. The fourth-order valence-electron chi connectivity index (χ4n) is 4.08. The smallest absolute Gasteiger partial charge is 0.261 e. The number of aliphatic hydroxyl groups excluding tert-OH is 1. The van der Waals surface area contributed by atoms with Crippen molar-refractivity contribution < 1.29 is 14.7 Å². The van der Waals surface area contributed by atoms with Gasteiger partial charge in [-0.3, -0.25) is 14.5 Å². The van der Waals surface area contributed by atoms with Gasteiger partial charge in [-0.1, -0.05) is 48.5 Å². The number of para-hydroxylation sites is 2. The summed E-state index contributed by atoms with van der Waals surface area (Å²) in [5.74, 6) is -0.691. The number of imide groups is 1. The van der Waals surface area contributed by atoms with Crippen molar-refractivity contribution >= 4 is 33.6 Å². The van der Waals surface area contributed by atoms with E-state index in [9.17, 15) is 14.7 Å². The van der Waals surface area contributed by atoms with E-state index in [-0.39, 0.29) is 18.4 Å². The van der Waals surface area contributed by atoms with Crippen molar-refractivity contribution in [3.63, 3.8) is 0 Å². The van der Waals surface area contributed by atoms with Crippen LogP contribution in [0.2, 0.25) is 0 Å². The molecular formula is C23H18N2O3. The Kier molecular flexibility index (Phi) is 3.77. The average molecular weight is 370 g/mol. The molecule has 0 radical (unpaired) electrons. The summed E-state index contributed by atoms with van der Waals surface area (Å²) in [7, 11) is 0. The van der Waals surface area contributed by atoms with E-state index in [1.807, 2.05) is 41.0 Å². The molecular weight excluding hydrogens is 352 g/mol. The lowest BCUT2D eigenvalue weighted by Crippen LogP contribution is -2.38. The van der Waals surface area contributed by atoms with E-state index in [1.165, 1.54) is 0 Å². The molecule has 0 fully saturated rings. The molecule has 0 saturated carbocycles. The molecule has 1 aliphatic rings. The monoisotopic (exact) mass is 370 g/mol. The van der Waals surface area contributed by atoms with Gasteiger partial charge in [-0.25, -0.2) is 0 Å². The molecule has 28 heavy (non-hydrogen) atoms. The van der Waals surface area contributed by atoms with Gasteiger partial charge in [-0.15, -0.1) is 0 Å². The van der Waals surface area contributed by atoms with Crippen molar-refractivity contribution in [1.82, 2.24) is 9.47 Å². The fourth-order valence-corrected chi connectivity index (χ4v) is 4.08. The van der Waals surface area contributed by atoms with E-state index in [4.69, 9.17) is 0 Å². The highest BCUT2D eigenvalue weighted by Gasteiger charge is 2.36. The van der Waals surface area contributed by atoms with E-state index in [0.29, 0.717) is 17.7 Å². The molecule has 5 nitrogen and oxygen atoms in total. The summed E-state index contributed by atoms with van der Waals surface area (Å²) in [5.41, 5.74) is 2.84. The van der Waals surface area contributed by atoms with Gasteiger partial charge in [0.05, 0.1) is 30.3 Å². The van der Waals surface area contributed by atoms with E-state index in [2.05, 4.69) is 12.1 Å². The second kappa shape index (κ2) is 6.32. The zero-order chi connectivity index (χ0) is 19.3. The Labute approximate surface area is 161 Å². The number of aliphatic hydroxyl groups is 1. The number of benzene rings is 3. The van der Waals surface area contributed by atoms with Gasteiger partial charge < -0.3 is 9.67 Å². The Morgan fingerprint density at radius 1 is 0.679 bits per heavy atom. The van der Waals surface area contributed by atoms with Gasteiger partial charge in [0.15, 0.2) is 0 Å². The number of carbonyl (C=O) groups is 2. The molecule has 0 saturated heterocycles. The number of hydrogen-bond donors (Lipinski definition) is 1. The normalized spacial score (nSPS) is 14.8. The second-order valence-corrected chi connectivity index (χ2v) is 7.07. The van der Waals surface area contributed by atoms with Gasteiger partial charge in [0.25, 0.3) is 11.8 Å². The van der Waals surface area contributed by atoms with E-state index >= 15 is 0 Å². The largest absolute Gasteiger partial charge is 0.389 e. The molecule has 4 aromatic rings. The molecule has 1 atom stereocenters. The van der Waals surface area contributed by atoms with Crippen LogP contribution in [0, 0.1) is 0 Å². The SMILES string of the molecule is O=C1c2ccccc2C(=O)N1C[C@H](O)Cn1c2ccccc2c2ccccc21. The molecule has 2 amide bonds. The summed E-state index contributed by atoms with van der Waals surface area (Å²) in [6.45, 7) is 0.259. The van der Waals surface area contributed by atoms with Crippen LogP contribution in [0.5, 0.6) is 0 Å². The van der Waals surface area contributed by atoms with Gasteiger partial charge in [0.1, 0.15) is 0 Å². The molecule has 1 aliphatic heterocycles. The Morgan fingerprint density at radius 3 is 1.68 bits per heavy atom. The molecule has 0 unspecified atom stereocenters. The second-order valence-electron chi connectivity index (χ2n) is 7.07. The van der Waals surface area contributed by atoms with Crippen LogP contribution in [0.15, 0.2) is 72.8 Å². The van der Waals surface area contributed by atoms with E-state index in [1.54, 1.807) is 24.3 Å². The molecule has 5 rings (SSSR count). The van der Waals surface area contributed by atoms with E-state index in [0.717, 1.165) is 26.7 Å². The van der Waals surface area contributed by atoms with Crippen LogP contribution < -0.4 is 0 Å². The fraction of sp³-hybridized carbons (Fsp3) is 0.130. The van der Waals surface area contributed by atoms with Gasteiger partial charge in [-0.2, -0.15) is 0 Å². The van der Waals surface area contributed by atoms with Crippen LogP contribution in [-0.2, 0) is 6.54 Å². The molecule has 5 heteroatoms. The maximum atomic E-state index is 12.6.